The fourth-order valence-corrected chi connectivity index (χ4v) is 3.90. The molecule has 3 aromatic carbocycles. The van der Waals surface area contributed by atoms with Gasteiger partial charge in [0.25, 0.3) is 5.91 Å². The molecule has 0 spiro atoms. The maximum absolute atomic E-state index is 12.5. The third-order valence-corrected chi connectivity index (χ3v) is 5.81. The van der Waals surface area contributed by atoms with E-state index in [0.29, 0.717) is 21.3 Å². The Morgan fingerprint density at radius 1 is 0.964 bits per heavy atom. The van der Waals surface area contributed by atoms with Crippen molar-refractivity contribution in [3.8, 4) is 0 Å². The molecular formula is C23H20Cl2N2O. The van der Waals surface area contributed by atoms with E-state index in [4.69, 9.17) is 23.2 Å². The number of nitrogens with zero attached hydrogens (tertiary/aromatic N) is 1. The zero-order valence-electron chi connectivity index (χ0n) is 15.3. The van der Waals surface area contributed by atoms with Gasteiger partial charge >= 0.3 is 0 Å². The smallest absolute Gasteiger partial charge is 0.255 e. The fourth-order valence-electron chi connectivity index (χ4n) is 3.55. The summed E-state index contributed by atoms with van der Waals surface area (Å²) in [5.41, 5.74) is 4.98. The fraction of sp³-hybridized carbons (Fsp3) is 0.174. The molecule has 0 bridgehead atoms. The number of halogens is 2. The normalized spacial score (nSPS) is 13.1. The topological polar surface area (TPSA) is 32.3 Å². The molecule has 1 amide bonds. The number of carbonyl (C=O) groups is 1. The van der Waals surface area contributed by atoms with Gasteiger partial charge in [-0.05, 0) is 54.3 Å². The van der Waals surface area contributed by atoms with Crippen LogP contribution < -0.4 is 10.2 Å². The quantitative estimate of drug-likeness (QED) is 0.555. The maximum atomic E-state index is 12.5. The zero-order chi connectivity index (χ0) is 19.5. The van der Waals surface area contributed by atoms with Crippen molar-refractivity contribution in [2.75, 3.05) is 16.8 Å². The number of aryl methyl sites for hydroxylation is 1. The monoisotopic (exact) mass is 410 g/mol. The van der Waals surface area contributed by atoms with Crippen LogP contribution >= 0.6 is 23.2 Å². The highest BCUT2D eigenvalue weighted by molar-refractivity contribution is 6.44. The average Bonchev–Trinajstić information content (AvgIpc) is 2.72. The minimum atomic E-state index is -0.209. The number of benzene rings is 3. The largest absolute Gasteiger partial charge is 0.367 e. The van der Waals surface area contributed by atoms with E-state index in [-0.39, 0.29) is 5.91 Å². The van der Waals surface area contributed by atoms with Crippen LogP contribution in [-0.2, 0) is 13.0 Å². The lowest BCUT2D eigenvalue weighted by Gasteiger charge is -2.31. The molecule has 0 fully saturated rings. The average molecular weight is 411 g/mol. The lowest BCUT2D eigenvalue weighted by molar-refractivity contribution is 0.102. The second kappa shape index (κ2) is 8.26. The SMILES string of the molecule is O=C(Nc1cccc(Cl)c1Cl)c1ccc(CN2CCCc3ccccc32)cc1. The van der Waals surface area contributed by atoms with Crippen molar-refractivity contribution in [2.24, 2.45) is 0 Å². The van der Waals surface area contributed by atoms with E-state index in [1.165, 1.54) is 16.8 Å². The lowest BCUT2D eigenvalue weighted by Crippen LogP contribution is -2.28. The van der Waals surface area contributed by atoms with Crippen LogP contribution in [0.1, 0.15) is 27.9 Å². The van der Waals surface area contributed by atoms with Crippen LogP contribution in [0.2, 0.25) is 10.0 Å². The molecule has 5 heteroatoms. The van der Waals surface area contributed by atoms with E-state index in [1.807, 2.05) is 24.3 Å². The van der Waals surface area contributed by atoms with Crippen LogP contribution in [0.5, 0.6) is 0 Å². The Hall–Kier alpha value is -2.49. The lowest BCUT2D eigenvalue weighted by atomic mass is 10.0. The van der Waals surface area contributed by atoms with Gasteiger partial charge in [-0.15, -0.1) is 0 Å². The van der Waals surface area contributed by atoms with Crippen LogP contribution in [0, 0.1) is 0 Å². The summed E-state index contributed by atoms with van der Waals surface area (Å²) in [5, 5.41) is 3.57. The van der Waals surface area contributed by atoms with Crippen molar-refractivity contribution >= 4 is 40.5 Å². The summed E-state index contributed by atoms with van der Waals surface area (Å²) in [6, 6.07) is 21.5. The molecule has 0 aromatic heterocycles. The number of amides is 1. The highest BCUT2D eigenvalue weighted by Gasteiger charge is 2.16. The highest BCUT2D eigenvalue weighted by atomic mass is 35.5. The molecule has 3 aromatic rings. The van der Waals surface area contributed by atoms with Gasteiger partial charge in [-0.3, -0.25) is 4.79 Å². The van der Waals surface area contributed by atoms with Crippen molar-refractivity contribution in [1.29, 1.82) is 0 Å². The molecule has 0 aliphatic carbocycles. The summed E-state index contributed by atoms with van der Waals surface area (Å²) >= 11 is 12.2. The first-order valence-electron chi connectivity index (χ1n) is 9.29. The molecule has 28 heavy (non-hydrogen) atoms. The van der Waals surface area contributed by atoms with Gasteiger partial charge in [0.2, 0.25) is 0 Å². The second-order valence-electron chi connectivity index (χ2n) is 6.91. The standard InChI is InChI=1S/C23H20Cl2N2O/c24-19-7-3-8-20(22(19)25)26-23(28)18-12-10-16(11-13-18)15-27-14-4-6-17-5-1-2-9-21(17)27/h1-3,5,7-13H,4,6,14-15H2,(H,26,28). The molecular weight excluding hydrogens is 391 g/mol. The summed E-state index contributed by atoms with van der Waals surface area (Å²) in [5.74, 6) is -0.209. The molecule has 3 nitrogen and oxygen atoms in total. The highest BCUT2D eigenvalue weighted by Crippen LogP contribution is 2.30. The Morgan fingerprint density at radius 2 is 1.75 bits per heavy atom. The Bertz CT molecular complexity index is 1000. The molecule has 1 heterocycles. The summed E-state index contributed by atoms with van der Waals surface area (Å²) in [4.78, 5) is 14.9. The molecule has 142 valence electrons. The van der Waals surface area contributed by atoms with Crippen molar-refractivity contribution in [1.82, 2.24) is 0 Å². The van der Waals surface area contributed by atoms with Crippen LogP contribution in [0.15, 0.2) is 66.7 Å². The summed E-state index contributed by atoms with van der Waals surface area (Å²) in [7, 11) is 0. The van der Waals surface area contributed by atoms with E-state index in [0.717, 1.165) is 25.9 Å². The summed E-state index contributed by atoms with van der Waals surface area (Å²) in [6.07, 6.45) is 2.30. The number of hydrogen-bond donors (Lipinski definition) is 1. The Morgan fingerprint density at radius 3 is 2.57 bits per heavy atom. The van der Waals surface area contributed by atoms with Crippen molar-refractivity contribution in [2.45, 2.75) is 19.4 Å². The van der Waals surface area contributed by atoms with E-state index < -0.39 is 0 Å². The molecule has 0 atom stereocenters. The Balaban J connectivity index is 1.46. The van der Waals surface area contributed by atoms with Gasteiger partial charge in [0, 0.05) is 24.3 Å². The molecule has 0 saturated carbocycles. The van der Waals surface area contributed by atoms with E-state index in [1.54, 1.807) is 18.2 Å². The summed E-state index contributed by atoms with van der Waals surface area (Å²) < 4.78 is 0. The van der Waals surface area contributed by atoms with Crippen LogP contribution in [0.4, 0.5) is 11.4 Å². The number of carbonyl (C=O) groups excluding carboxylic acids is 1. The number of nitrogens with one attached hydrogen (secondary N) is 1. The minimum Gasteiger partial charge on any atom is -0.367 e. The Labute approximate surface area is 174 Å². The molecule has 1 N–H and O–H groups in total. The van der Waals surface area contributed by atoms with Gasteiger partial charge < -0.3 is 10.2 Å². The number of rotatable bonds is 4. The van der Waals surface area contributed by atoms with Gasteiger partial charge in [-0.1, -0.05) is 59.6 Å². The molecule has 4 rings (SSSR count). The van der Waals surface area contributed by atoms with Gasteiger partial charge in [0.05, 0.1) is 15.7 Å². The summed E-state index contributed by atoms with van der Waals surface area (Å²) in [6.45, 7) is 1.88. The first-order valence-corrected chi connectivity index (χ1v) is 10.0. The number of anilines is 2. The van der Waals surface area contributed by atoms with Crippen molar-refractivity contribution in [3.05, 3.63) is 93.5 Å². The van der Waals surface area contributed by atoms with Crippen LogP contribution in [0.25, 0.3) is 0 Å². The van der Waals surface area contributed by atoms with Gasteiger partial charge in [0.15, 0.2) is 0 Å². The molecule has 0 unspecified atom stereocenters. The molecule has 0 saturated heterocycles. The predicted octanol–water partition coefficient (Wildman–Crippen LogP) is 6.20. The third-order valence-electron chi connectivity index (χ3n) is 5.00. The second-order valence-corrected chi connectivity index (χ2v) is 7.69. The van der Waals surface area contributed by atoms with Crippen molar-refractivity contribution in [3.63, 3.8) is 0 Å². The van der Waals surface area contributed by atoms with Crippen molar-refractivity contribution < 1.29 is 4.79 Å². The van der Waals surface area contributed by atoms with E-state index in [2.05, 4.69) is 34.5 Å². The van der Waals surface area contributed by atoms with Crippen LogP contribution in [-0.4, -0.2) is 12.5 Å². The maximum Gasteiger partial charge on any atom is 0.255 e. The first-order chi connectivity index (χ1) is 13.6. The van der Waals surface area contributed by atoms with Gasteiger partial charge in [0.1, 0.15) is 0 Å². The Kier molecular flexibility index (Phi) is 5.56. The third kappa shape index (κ3) is 4.01. The molecule has 1 aliphatic heterocycles. The molecule has 1 aliphatic rings. The number of fused-ring (bicyclic) bond motifs is 1. The van der Waals surface area contributed by atoms with E-state index >= 15 is 0 Å². The first kappa shape index (κ1) is 18.9. The molecule has 0 radical (unpaired) electrons. The number of para-hydroxylation sites is 1. The predicted molar refractivity (Wildman–Crippen MR) is 117 cm³/mol. The van der Waals surface area contributed by atoms with Gasteiger partial charge in [-0.2, -0.15) is 0 Å². The van der Waals surface area contributed by atoms with E-state index in [9.17, 15) is 4.79 Å². The zero-order valence-corrected chi connectivity index (χ0v) is 16.8. The number of hydrogen-bond acceptors (Lipinski definition) is 2. The van der Waals surface area contributed by atoms with Gasteiger partial charge in [-0.25, -0.2) is 0 Å². The van der Waals surface area contributed by atoms with Crippen LogP contribution in [0.3, 0.4) is 0 Å². The minimum absolute atomic E-state index is 0.209.